The Morgan fingerprint density at radius 2 is 1.54 bits per heavy atom. The summed E-state index contributed by atoms with van der Waals surface area (Å²) in [4.78, 5) is 25.8. The van der Waals surface area contributed by atoms with Crippen LogP contribution in [0.3, 0.4) is 0 Å². The number of alkyl halides is 3. The molecule has 0 saturated carbocycles. The van der Waals surface area contributed by atoms with Gasteiger partial charge in [0.05, 0.1) is 16.5 Å². The molecular weight excluding hydrogens is 557 g/mol. The van der Waals surface area contributed by atoms with Crippen LogP contribution in [0.2, 0.25) is 0 Å². The molecule has 3 rings (SSSR count). The van der Waals surface area contributed by atoms with Crippen molar-refractivity contribution in [2.75, 3.05) is 27.2 Å². The first-order valence-electron chi connectivity index (χ1n) is 12.9. The van der Waals surface area contributed by atoms with E-state index in [1.807, 2.05) is 30.3 Å². The zero-order valence-electron chi connectivity index (χ0n) is 23.0. The van der Waals surface area contributed by atoms with Crippen molar-refractivity contribution in [2.24, 2.45) is 0 Å². The standard InChI is InChI=1S/C29H33F3N4O4S/c1-20(22-10-5-4-6-11-22)35-28(38)24-16-23(17-26(18-24)41(39,40)36(2)3)27(37)34-14-8-13-33-19-21-9-7-12-25(15-21)29(30,31)32/h4-7,9-12,15-18,20,33H,8,13-14,19H2,1-3H3,(H,34,37)(H,35,38)/t20-/m1/s1. The molecule has 8 nitrogen and oxygen atoms in total. The third-order valence-corrected chi connectivity index (χ3v) is 8.05. The molecule has 0 heterocycles. The molecule has 0 aromatic heterocycles. The van der Waals surface area contributed by atoms with Crippen LogP contribution in [0.4, 0.5) is 13.2 Å². The van der Waals surface area contributed by atoms with E-state index in [2.05, 4.69) is 16.0 Å². The second-order valence-corrected chi connectivity index (χ2v) is 11.8. The van der Waals surface area contributed by atoms with Crippen LogP contribution < -0.4 is 16.0 Å². The van der Waals surface area contributed by atoms with E-state index in [4.69, 9.17) is 0 Å². The summed E-state index contributed by atoms with van der Waals surface area (Å²) in [5, 5.41) is 8.56. The lowest BCUT2D eigenvalue weighted by atomic mass is 10.1. The molecule has 0 bridgehead atoms. The lowest BCUT2D eigenvalue weighted by molar-refractivity contribution is -0.137. The Morgan fingerprint density at radius 3 is 2.17 bits per heavy atom. The summed E-state index contributed by atoms with van der Waals surface area (Å²) in [5.41, 5.74) is 0.642. The van der Waals surface area contributed by atoms with E-state index in [9.17, 15) is 31.2 Å². The third kappa shape index (κ3) is 8.87. The number of halogens is 3. The van der Waals surface area contributed by atoms with Crippen molar-refractivity contribution in [3.63, 3.8) is 0 Å². The van der Waals surface area contributed by atoms with Gasteiger partial charge in [-0.1, -0.05) is 48.5 Å². The van der Waals surface area contributed by atoms with Gasteiger partial charge in [0.25, 0.3) is 11.8 Å². The van der Waals surface area contributed by atoms with Gasteiger partial charge in [0.2, 0.25) is 10.0 Å². The number of amides is 2. The molecule has 41 heavy (non-hydrogen) atoms. The first-order chi connectivity index (χ1) is 19.3. The molecule has 0 unspecified atom stereocenters. The fourth-order valence-corrected chi connectivity index (χ4v) is 4.91. The Kier molecular flexibility index (Phi) is 10.7. The highest BCUT2D eigenvalue weighted by Gasteiger charge is 2.30. The monoisotopic (exact) mass is 590 g/mol. The fraction of sp³-hybridized carbons (Fsp3) is 0.310. The third-order valence-electron chi connectivity index (χ3n) is 6.26. The number of benzene rings is 3. The maximum absolute atomic E-state index is 13.1. The lowest BCUT2D eigenvalue weighted by Crippen LogP contribution is -2.30. The minimum Gasteiger partial charge on any atom is -0.352 e. The van der Waals surface area contributed by atoms with Gasteiger partial charge in [-0.25, -0.2) is 12.7 Å². The molecule has 12 heteroatoms. The van der Waals surface area contributed by atoms with E-state index in [1.165, 1.54) is 38.4 Å². The predicted molar refractivity (Wildman–Crippen MR) is 150 cm³/mol. The number of sulfonamides is 1. The average molecular weight is 591 g/mol. The molecule has 220 valence electrons. The van der Waals surface area contributed by atoms with Gasteiger partial charge in [0, 0.05) is 38.3 Å². The van der Waals surface area contributed by atoms with Crippen LogP contribution in [0.15, 0.2) is 77.7 Å². The largest absolute Gasteiger partial charge is 0.416 e. The molecule has 0 aliphatic rings. The summed E-state index contributed by atoms with van der Waals surface area (Å²) in [7, 11) is -1.24. The Labute approximate surface area is 238 Å². The van der Waals surface area contributed by atoms with Crippen LogP contribution >= 0.6 is 0 Å². The van der Waals surface area contributed by atoms with Crippen molar-refractivity contribution in [1.82, 2.24) is 20.3 Å². The quantitative estimate of drug-likeness (QED) is 0.272. The molecule has 1 atom stereocenters. The SMILES string of the molecule is C[C@@H](NC(=O)c1cc(C(=O)NCCCNCc2cccc(C(F)(F)F)c2)cc(S(=O)(=O)N(C)C)c1)c1ccccc1. The van der Waals surface area contributed by atoms with Crippen LogP contribution in [-0.4, -0.2) is 51.7 Å². The van der Waals surface area contributed by atoms with Crippen molar-refractivity contribution in [3.05, 3.63) is 101 Å². The van der Waals surface area contributed by atoms with Gasteiger partial charge >= 0.3 is 6.18 Å². The summed E-state index contributed by atoms with van der Waals surface area (Å²) in [6.45, 7) is 2.65. The zero-order valence-corrected chi connectivity index (χ0v) is 23.8. The van der Waals surface area contributed by atoms with E-state index >= 15 is 0 Å². The summed E-state index contributed by atoms with van der Waals surface area (Å²) in [6.07, 6.45) is -3.95. The molecule has 3 aromatic rings. The highest BCUT2D eigenvalue weighted by atomic mass is 32.2. The van der Waals surface area contributed by atoms with Gasteiger partial charge in [0.1, 0.15) is 0 Å². The molecular formula is C29H33F3N4O4S. The van der Waals surface area contributed by atoms with Gasteiger partial charge in [-0.05, 0) is 55.3 Å². The van der Waals surface area contributed by atoms with E-state index in [-0.39, 0.29) is 35.2 Å². The van der Waals surface area contributed by atoms with Crippen molar-refractivity contribution >= 4 is 21.8 Å². The highest BCUT2D eigenvalue weighted by Crippen LogP contribution is 2.29. The highest BCUT2D eigenvalue weighted by molar-refractivity contribution is 7.89. The summed E-state index contributed by atoms with van der Waals surface area (Å²) in [5.74, 6) is -1.10. The molecule has 2 amide bonds. The molecule has 0 aliphatic heterocycles. The molecule has 0 saturated heterocycles. The maximum Gasteiger partial charge on any atom is 0.416 e. The Morgan fingerprint density at radius 1 is 0.878 bits per heavy atom. The van der Waals surface area contributed by atoms with Crippen molar-refractivity contribution in [1.29, 1.82) is 0 Å². The Bertz CT molecular complexity index is 1460. The van der Waals surface area contributed by atoms with E-state index in [0.29, 0.717) is 18.5 Å². The molecule has 0 spiro atoms. The molecule has 0 fully saturated rings. The number of nitrogens with one attached hydrogen (secondary N) is 3. The van der Waals surface area contributed by atoms with Gasteiger partial charge in [-0.2, -0.15) is 13.2 Å². The number of nitrogens with zero attached hydrogens (tertiary/aromatic N) is 1. The van der Waals surface area contributed by atoms with Crippen LogP contribution in [0.5, 0.6) is 0 Å². The second kappa shape index (κ2) is 13.7. The smallest absolute Gasteiger partial charge is 0.352 e. The normalized spacial score (nSPS) is 12.7. The molecule has 3 aromatic carbocycles. The topological polar surface area (TPSA) is 108 Å². The summed E-state index contributed by atoms with van der Waals surface area (Å²) < 4.78 is 65.3. The lowest BCUT2D eigenvalue weighted by Gasteiger charge is -2.17. The van der Waals surface area contributed by atoms with Crippen LogP contribution in [-0.2, 0) is 22.7 Å². The van der Waals surface area contributed by atoms with E-state index < -0.39 is 33.6 Å². The second-order valence-electron chi connectivity index (χ2n) is 9.62. The summed E-state index contributed by atoms with van der Waals surface area (Å²) in [6, 6.07) is 17.7. The number of carbonyl (C=O) groups excluding carboxylic acids is 2. The molecule has 3 N–H and O–H groups in total. The van der Waals surface area contributed by atoms with Gasteiger partial charge in [-0.15, -0.1) is 0 Å². The van der Waals surface area contributed by atoms with Crippen molar-refractivity contribution in [3.8, 4) is 0 Å². The number of hydrogen-bond donors (Lipinski definition) is 3. The van der Waals surface area contributed by atoms with Gasteiger partial charge < -0.3 is 16.0 Å². The maximum atomic E-state index is 13.1. The van der Waals surface area contributed by atoms with Crippen molar-refractivity contribution in [2.45, 2.75) is 37.0 Å². The number of hydrogen-bond acceptors (Lipinski definition) is 5. The average Bonchev–Trinajstić information content (AvgIpc) is 2.94. The summed E-state index contributed by atoms with van der Waals surface area (Å²) >= 11 is 0. The first-order valence-corrected chi connectivity index (χ1v) is 14.3. The molecule has 0 aliphatic carbocycles. The van der Waals surface area contributed by atoms with E-state index in [0.717, 1.165) is 22.0 Å². The fourth-order valence-electron chi connectivity index (χ4n) is 3.93. The zero-order chi connectivity index (χ0) is 30.2. The Balaban J connectivity index is 1.64. The number of rotatable bonds is 12. The van der Waals surface area contributed by atoms with E-state index in [1.54, 1.807) is 13.0 Å². The van der Waals surface area contributed by atoms with Gasteiger partial charge in [0.15, 0.2) is 0 Å². The Hall–Kier alpha value is -3.74. The number of carbonyl (C=O) groups is 2. The van der Waals surface area contributed by atoms with Crippen LogP contribution in [0.1, 0.15) is 56.8 Å². The predicted octanol–water partition coefficient (Wildman–Crippen LogP) is 4.36. The molecule has 0 radical (unpaired) electrons. The minimum atomic E-state index is -4.41. The van der Waals surface area contributed by atoms with Crippen LogP contribution in [0.25, 0.3) is 0 Å². The van der Waals surface area contributed by atoms with Gasteiger partial charge in [-0.3, -0.25) is 9.59 Å². The first kappa shape index (κ1) is 31.8. The minimum absolute atomic E-state index is 0.00219. The van der Waals surface area contributed by atoms with Crippen LogP contribution in [0, 0.1) is 0 Å². The van der Waals surface area contributed by atoms with Crippen molar-refractivity contribution < 1.29 is 31.2 Å².